The summed E-state index contributed by atoms with van der Waals surface area (Å²) in [6.45, 7) is 3.14. The maximum atomic E-state index is 12.2. The smallest absolute Gasteiger partial charge is 0.240 e. The highest BCUT2D eigenvalue weighted by Crippen LogP contribution is 2.12. The molecule has 0 atom stereocenters. The molecule has 1 aromatic heterocycles. The van der Waals surface area contributed by atoms with Crippen LogP contribution in [0, 0.1) is 0 Å². The summed E-state index contributed by atoms with van der Waals surface area (Å²) < 4.78 is 27.0. The quantitative estimate of drug-likeness (QED) is 0.610. The van der Waals surface area contributed by atoms with Gasteiger partial charge in [0.15, 0.2) is 0 Å². The van der Waals surface area contributed by atoms with Gasteiger partial charge in [-0.3, -0.25) is 0 Å². The van der Waals surface area contributed by atoms with E-state index >= 15 is 0 Å². The summed E-state index contributed by atoms with van der Waals surface area (Å²) in [5.41, 5.74) is 0. The van der Waals surface area contributed by atoms with E-state index in [-0.39, 0.29) is 4.90 Å². The molecule has 0 unspecified atom stereocenters. The van der Waals surface area contributed by atoms with Crippen LogP contribution in [0.4, 0.5) is 5.82 Å². The number of anilines is 1. The predicted octanol–water partition coefficient (Wildman–Crippen LogP) is 2.72. The van der Waals surface area contributed by atoms with Gasteiger partial charge in [-0.25, -0.2) is 18.1 Å². The molecule has 5 nitrogen and oxygen atoms in total. The second-order valence-corrected chi connectivity index (χ2v) is 7.46. The molecule has 0 aromatic carbocycles. The van der Waals surface area contributed by atoms with Gasteiger partial charge < -0.3 is 5.32 Å². The highest BCUT2D eigenvalue weighted by molar-refractivity contribution is 7.98. The largest absolute Gasteiger partial charge is 0.370 e. The van der Waals surface area contributed by atoms with E-state index in [2.05, 4.69) is 21.3 Å². The first-order chi connectivity index (χ1) is 10.1. The van der Waals surface area contributed by atoms with Crippen LogP contribution in [0.25, 0.3) is 0 Å². The minimum absolute atomic E-state index is 0.260. The number of pyridine rings is 1. The number of nitrogens with zero attached hydrogens (tertiary/aromatic N) is 1. The molecule has 0 fully saturated rings. The Kier molecular flexibility index (Phi) is 8.72. The molecule has 21 heavy (non-hydrogen) atoms. The normalized spacial score (nSPS) is 11.5. The first-order valence-corrected chi connectivity index (χ1v) is 10.2. The average molecular weight is 332 g/mol. The summed E-state index contributed by atoms with van der Waals surface area (Å²) in [4.78, 5) is 4.34. The van der Waals surface area contributed by atoms with Crippen LogP contribution in [0.5, 0.6) is 0 Å². The number of rotatable bonds is 11. The van der Waals surface area contributed by atoms with Crippen LogP contribution in [0.1, 0.15) is 32.6 Å². The molecular formula is C14H25N3O2S2. The number of nitrogens with one attached hydrogen (secondary N) is 2. The lowest BCUT2D eigenvalue weighted by Gasteiger charge is -2.08. The van der Waals surface area contributed by atoms with E-state index in [0.29, 0.717) is 18.9 Å². The third kappa shape index (κ3) is 7.15. The highest BCUT2D eigenvalue weighted by atomic mass is 32.2. The number of thioether (sulfide) groups is 1. The van der Waals surface area contributed by atoms with Gasteiger partial charge in [-0.1, -0.05) is 12.8 Å². The van der Waals surface area contributed by atoms with Crippen molar-refractivity contribution in [2.24, 2.45) is 0 Å². The molecule has 1 rings (SSSR count). The van der Waals surface area contributed by atoms with Crippen LogP contribution >= 0.6 is 11.8 Å². The Balaban J connectivity index is 2.41. The average Bonchev–Trinajstić information content (AvgIpc) is 2.47. The van der Waals surface area contributed by atoms with Gasteiger partial charge >= 0.3 is 0 Å². The predicted molar refractivity (Wildman–Crippen MR) is 90.4 cm³/mol. The van der Waals surface area contributed by atoms with Crippen LogP contribution < -0.4 is 10.0 Å². The Hall–Kier alpha value is -0.790. The maximum Gasteiger partial charge on any atom is 0.240 e. The van der Waals surface area contributed by atoms with Crippen LogP contribution in [-0.4, -0.2) is 38.5 Å². The van der Waals surface area contributed by atoms with Crippen LogP contribution in [0.3, 0.4) is 0 Å². The number of aromatic nitrogens is 1. The molecule has 120 valence electrons. The molecule has 1 aromatic rings. The molecule has 0 bridgehead atoms. The van der Waals surface area contributed by atoms with Crippen molar-refractivity contribution in [1.29, 1.82) is 0 Å². The van der Waals surface area contributed by atoms with E-state index in [1.165, 1.54) is 24.4 Å². The molecule has 0 aliphatic rings. The van der Waals surface area contributed by atoms with Gasteiger partial charge in [0, 0.05) is 25.4 Å². The van der Waals surface area contributed by atoms with Crippen molar-refractivity contribution < 1.29 is 8.42 Å². The summed E-state index contributed by atoms with van der Waals surface area (Å²) in [7, 11) is -3.43. The van der Waals surface area contributed by atoms with Crippen LogP contribution in [-0.2, 0) is 10.0 Å². The zero-order chi connectivity index (χ0) is 15.6. The standard InChI is InChI=1S/C14H25N3O2S2/c1-3-15-14-12-13(8-10-16-14)21(18,19)17-9-6-4-5-7-11-20-2/h8,10,12,17H,3-7,9,11H2,1-2H3,(H,15,16). The Morgan fingerprint density at radius 1 is 1.24 bits per heavy atom. The third-order valence-corrected chi connectivity index (χ3v) is 5.12. The first kappa shape index (κ1) is 18.3. The first-order valence-electron chi connectivity index (χ1n) is 7.28. The van der Waals surface area contributed by atoms with Crippen LogP contribution in [0.2, 0.25) is 0 Å². The molecule has 0 amide bonds. The fourth-order valence-electron chi connectivity index (χ4n) is 1.87. The SMILES string of the molecule is CCNc1cc(S(=O)(=O)NCCCCCCSC)ccn1. The van der Waals surface area contributed by atoms with E-state index < -0.39 is 10.0 Å². The van der Waals surface area contributed by atoms with Gasteiger partial charge in [0.05, 0.1) is 4.90 Å². The second kappa shape index (κ2) is 10.0. The van der Waals surface area contributed by atoms with E-state index in [9.17, 15) is 8.42 Å². The minimum Gasteiger partial charge on any atom is -0.370 e. The van der Waals surface area contributed by atoms with Crippen molar-refractivity contribution in [2.75, 3.05) is 30.4 Å². The Morgan fingerprint density at radius 2 is 2.00 bits per heavy atom. The number of hydrogen-bond donors (Lipinski definition) is 2. The van der Waals surface area contributed by atoms with Gasteiger partial charge in [0.2, 0.25) is 10.0 Å². The van der Waals surface area contributed by atoms with Crippen molar-refractivity contribution in [1.82, 2.24) is 9.71 Å². The molecule has 1 heterocycles. The molecule has 0 aliphatic carbocycles. The van der Waals surface area contributed by atoms with Crippen LogP contribution in [0.15, 0.2) is 23.2 Å². The minimum atomic E-state index is -3.43. The summed E-state index contributed by atoms with van der Waals surface area (Å²) in [5.74, 6) is 1.76. The number of hydrogen-bond acceptors (Lipinski definition) is 5. The fraction of sp³-hybridized carbons (Fsp3) is 0.643. The third-order valence-electron chi connectivity index (χ3n) is 2.97. The molecule has 7 heteroatoms. The number of unbranched alkanes of at least 4 members (excludes halogenated alkanes) is 3. The topological polar surface area (TPSA) is 71.1 Å². The zero-order valence-corrected chi connectivity index (χ0v) is 14.4. The van der Waals surface area contributed by atoms with E-state index in [0.717, 1.165) is 19.3 Å². The Bertz CT molecular complexity index is 507. The van der Waals surface area contributed by atoms with Gasteiger partial charge in [-0.2, -0.15) is 11.8 Å². The molecule has 0 radical (unpaired) electrons. The molecule has 0 saturated heterocycles. The van der Waals surface area contributed by atoms with Gasteiger partial charge in [-0.15, -0.1) is 0 Å². The zero-order valence-electron chi connectivity index (χ0n) is 12.8. The van der Waals surface area contributed by atoms with Crippen molar-refractivity contribution in [3.63, 3.8) is 0 Å². The van der Waals surface area contributed by atoms with E-state index in [1.807, 2.05) is 18.7 Å². The monoisotopic (exact) mass is 331 g/mol. The van der Waals surface area contributed by atoms with Gasteiger partial charge in [-0.05, 0) is 37.8 Å². The lowest BCUT2D eigenvalue weighted by molar-refractivity contribution is 0.573. The molecule has 2 N–H and O–H groups in total. The van der Waals surface area contributed by atoms with Crippen molar-refractivity contribution in [2.45, 2.75) is 37.5 Å². The Labute approximate surface area is 132 Å². The molecule has 0 saturated carbocycles. The van der Waals surface area contributed by atoms with Crippen molar-refractivity contribution in [3.05, 3.63) is 18.3 Å². The van der Waals surface area contributed by atoms with E-state index in [4.69, 9.17) is 0 Å². The Morgan fingerprint density at radius 3 is 2.71 bits per heavy atom. The summed E-state index contributed by atoms with van der Waals surface area (Å²) in [6, 6.07) is 3.08. The van der Waals surface area contributed by atoms with Crippen molar-refractivity contribution >= 4 is 27.6 Å². The second-order valence-electron chi connectivity index (χ2n) is 4.71. The highest BCUT2D eigenvalue weighted by Gasteiger charge is 2.13. The summed E-state index contributed by atoms with van der Waals surface area (Å²) >= 11 is 1.85. The fourth-order valence-corrected chi connectivity index (χ4v) is 3.45. The van der Waals surface area contributed by atoms with Gasteiger partial charge in [0.25, 0.3) is 0 Å². The number of sulfonamides is 1. The van der Waals surface area contributed by atoms with Crippen molar-refractivity contribution in [3.8, 4) is 0 Å². The lowest BCUT2D eigenvalue weighted by atomic mass is 10.2. The van der Waals surface area contributed by atoms with E-state index in [1.54, 1.807) is 6.07 Å². The molecule has 0 aliphatic heterocycles. The lowest BCUT2D eigenvalue weighted by Crippen LogP contribution is -2.25. The maximum absolute atomic E-state index is 12.2. The summed E-state index contributed by atoms with van der Waals surface area (Å²) in [5, 5.41) is 3.01. The molecule has 0 spiro atoms. The van der Waals surface area contributed by atoms with Gasteiger partial charge in [0.1, 0.15) is 5.82 Å². The summed E-state index contributed by atoms with van der Waals surface area (Å²) in [6.07, 6.45) is 7.90. The molecular weight excluding hydrogens is 306 g/mol.